The zero-order chi connectivity index (χ0) is 17.9. The number of likely N-dealkylation sites (N-methyl/N-ethyl adjacent to an activating group) is 1. The maximum absolute atomic E-state index is 12.6. The van der Waals surface area contributed by atoms with Gasteiger partial charge in [0, 0.05) is 18.6 Å². The quantitative estimate of drug-likeness (QED) is 0.828. The summed E-state index contributed by atoms with van der Waals surface area (Å²) < 4.78 is 37.7. The average molecular weight is 342 g/mol. The van der Waals surface area contributed by atoms with E-state index >= 15 is 0 Å². The van der Waals surface area contributed by atoms with Gasteiger partial charge >= 0.3 is 6.18 Å². The Morgan fingerprint density at radius 2 is 1.71 bits per heavy atom. The highest BCUT2D eigenvalue weighted by Gasteiger charge is 2.30. The van der Waals surface area contributed by atoms with Crippen LogP contribution in [0.5, 0.6) is 0 Å². The number of carbonyl (C=O) groups is 1. The Morgan fingerprint density at radius 3 is 2.21 bits per heavy atom. The predicted octanol–water partition coefficient (Wildman–Crippen LogP) is 3.93. The molecule has 1 aromatic rings. The molecule has 3 nitrogen and oxygen atoms in total. The van der Waals surface area contributed by atoms with Gasteiger partial charge in [-0.15, -0.1) is 0 Å². The summed E-state index contributed by atoms with van der Waals surface area (Å²) in [5.41, 5.74) is 0.110. The Bertz CT molecular complexity index is 546. The van der Waals surface area contributed by atoms with Gasteiger partial charge in [-0.2, -0.15) is 13.2 Å². The predicted molar refractivity (Wildman–Crippen MR) is 87.4 cm³/mol. The van der Waals surface area contributed by atoms with Crippen molar-refractivity contribution in [2.24, 2.45) is 0 Å². The van der Waals surface area contributed by atoms with Crippen LogP contribution in [-0.2, 0) is 17.5 Å². The lowest BCUT2D eigenvalue weighted by Gasteiger charge is -2.39. The van der Waals surface area contributed by atoms with Gasteiger partial charge in [-0.3, -0.25) is 9.69 Å². The highest BCUT2D eigenvalue weighted by atomic mass is 19.4. The number of likely N-dealkylation sites (tertiary alicyclic amines) is 1. The lowest BCUT2D eigenvalue weighted by molar-refractivity contribution is -0.138. The number of carbonyl (C=O) groups excluding carboxylic acids is 1. The molecule has 134 valence electrons. The number of nitrogens with zero attached hydrogens (tertiary/aromatic N) is 2. The minimum absolute atomic E-state index is 0.0871. The van der Waals surface area contributed by atoms with Crippen molar-refractivity contribution in [3.8, 4) is 0 Å². The van der Waals surface area contributed by atoms with E-state index in [9.17, 15) is 18.0 Å². The van der Waals surface area contributed by atoms with E-state index in [4.69, 9.17) is 0 Å². The molecule has 0 saturated carbocycles. The number of benzene rings is 1. The monoisotopic (exact) mass is 342 g/mol. The van der Waals surface area contributed by atoms with E-state index in [1.165, 1.54) is 12.1 Å². The van der Waals surface area contributed by atoms with Crippen molar-refractivity contribution in [1.82, 2.24) is 9.80 Å². The van der Waals surface area contributed by atoms with Crippen molar-refractivity contribution in [2.45, 2.75) is 57.9 Å². The van der Waals surface area contributed by atoms with Crippen molar-refractivity contribution < 1.29 is 18.0 Å². The van der Waals surface area contributed by atoms with Gasteiger partial charge in [0.1, 0.15) is 0 Å². The first-order valence-electron chi connectivity index (χ1n) is 8.34. The van der Waals surface area contributed by atoms with Crippen LogP contribution in [0.25, 0.3) is 0 Å². The first-order chi connectivity index (χ1) is 11.2. The van der Waals surface area contributed by atoms with Crippen LogP contribution in [0.2, 0.25) is 0 Å². The third kappa shape index (κ3) is 4.72. The molecule has 1 saturated heterocycles. The van der Waals surface area contributed by atoms with Crippen molar-refractivity contribution >= 4 is 5.91 Å². The number of hydrogen-bond donors (Lipinski definition) is 0. The van der Waals surface area contributed by atoms with Gasteiger partial charge < -0.3 is 4.90 Å². The summed E-state index contributed by atoms with van der Waals surface area (Å²) in [6.45, 7) is 4.86. The lowest BCUT2D eigenvalue weighted by Crippen LogP contribution is -2.50. The average Bonchev–Trinajstić information content (AvgIpc) is 2.46. The largest absolute Gasteiger partial charge is 0.416 e. The maximum Gasteiger partial charge on any atom is 0.416 e. The van der Waals surface area contributed by atoms with E-state index in [2.05, 4.69) is 13.8 Å². The summed E-state index contributed by atoms with van der Waals surface area (Å²) in [4.78, 5) is 16.3. The molecule has 1 heterocycles. The Hall–Kier alpha value is -1.56. The molecule has 2 rings (SSSR count). The molecule has 0 aromatic heterocycles. The van der Waals surface area contributed by atoms with Crippen molar-refractivity contribution in [1.29, 1.82) is 0 Å². The molecule has 0 spiro atoms. The molecular formula is C18H25F3N2O. The molecule has 0 bridgehead atoms. The van der Waals surface area contributed by atoms with Gasteiger partial charge in [0.25, 0.3) is 0 Å². The summed E-state index contributed by atoms with van der Waals surface area (Å²) in [6.07, 6.45) is -1.12. The highest BCUT2D eigenvalue weighted by molar-refractivity contribution is 5.79. The fraction of sp³-hybridized carbons (Fsp3) is 0.611. The summed E-state index contributed by atoms with van der Waals surface area (Å²) in [5.74, 6) is 0.0871. The van der Waals surface area contributed by atoms with Crippen molar-refractivity contribution in [3.05, 3.63) is 35.4 Å². The topological polar surface area (TPSA) is 23.6 Å². The summed E-state index contributed by atoms with van der Waals surface area (Å²) in [5, 5.41) is 0. The maximum atomic E-state index is 12.6. The van der Waals surface area contributed by atoms with Gasteiger partial charge in [-0.1, -0.05) is 12.1 Å². The van der Waals surface area contributed by atoms with Crippen molar-refractivity contribution in [3.63, 3.8) is 0 Å². The summed E-state index contributed by atoms with van der Waals surface area (Å²) >= 11 is 0. The van der Waals surface area contributed by atoms with Gasteiger partial charge in [0.15, 0.2) is 0 Å². The fourth-order valence-electron chi connectivity index (χ4n) is 3.39. The molecule has 1 fully saturated rings. The normalized spacial score (nSPS) is 22.0. The van der Waals surface area contributed by atoms with Gasteiger partial charge in [0.05, 0.1) is 12.1 Å². The second-order valence-corrected chi connectivity index (χ2v) is 6.80. The second-order valence-electron chi connectivity index (χ2n) is 6.80. The van der Waals surface area contributed by atoms with E-state index in [-0.39, 0.29) is 24.5 Å². The van der Waals surface area contributed by atoms with Crippen LogP contribution < -0.4 is 0 Å². The zero-order valence-corrected chi connectivity index (χ0v) is 14.4. The molecule has 6 heteroatoms. The van der Waals surface area contributed by atoms with Crippen molar-refractivity contribution in [2.75, 3.05) is 13.6 Å². The fourth-order valence-corrected chi connectivity index (χ4v) is 3.39. The minimum Gasteiger partial charge on any atom is -0.336 e. The molecule has 1 aliphatic rings. The molecule has 1 aliphatic heterocycles. The van der Waals surface area contributed by atoms with E-state index in [0.717, 1.165) is 37.0 Å². The Morgan fingerprint density at radius 1 is 1.17 bits per heavy atom. The number of amides is 1. The summed E-state index contributed by atoms with van der Waals surface area (Å²) in [7, 11) is 1.81. The molecule has 2 unspecified atom stereocenters. The highest BCUT2D eigenvalue weighted by Crippen LogP contribution is 2.29. The van der Waals surface area contributed by atoms with E-state index in [0.29, 0.717) is 6.54 Å². The number of rotatable bonds is 4. The molecule has 1 amide bonds. The molecular weight excluding hydrogens is 317 g/mol. The Labute approximate surface area is 141 Å². The van der Waals surface area contributed by atoms with Gasteiger partial charge in [-0.05, 0) is 57.9 Å². The first-order valence-corrected chi connectivity index (χ1v) is 8.34. The number of halogens is 3. The Kier molecular flexibility index (Phi) is 5.91. The molecule has 1 aromatic carbocycles. The number of alkyl halides is 3. The van der Waals surface area contributed by atoms with Gasteiger partial charge in [-0.25, -0.2) is 0 Å². The van der Waals surface area contributed by atoms with Crippen LogP contribution in [0.3, 0.4) is 0 Å². The smallest absolute Gasteiger partial charge is 0.336 e. The third-order valence-corrected chi connectivity index (χ3v) is 4.62. The SMILES string of the molecule is CC1CCCC(C)N1C(=O)CN(C)Cc1ccc(C(F)(F)F)cc1. The number of piperidine rings is 1. The van der Waals surface area contributed by atoms with Crippen LogP contribution in [0, 0.1) is 0 Å². The van der Waals surface area contributed by atoms with Crippen LogP contribution in [0.1, 0.15) is 44.2 Å². The van der Waals surface area contributed by atoms with E-state index < -0.39 is 11.7 Å². The standard InChI is InChI=1S/C18H25F3N2O/c1-13-5-4-6-14(2)23(13)17(24)12-22(3)11-15-7-9-16(10-8-15)18(19,20)21/h7-10,13-14H,4-6,11-12H2,1-3H3. The third-order valence-electron chi connectivity index (χ3n) is 4.62. The minimum atomic E-state index is -4.32. The molecule has 24 heavy (non-hydrogen) atoms. The molecule has 0 aliphatic carbocycles. The Balaban J connectivity index is 1.92. The molecule has 0 radical (unpaired) electrons. The van der Waals surface area contributed by atoms with E-state index in [1.807, 2.05) is 16.8 Å². The van der Waals surface area contributed by atoms with Crippen LogP contribution in [0.15, 0.2) is 24.3 Å². The molecule has 0 N–H and O–H groups in total. The number of hydrogen-bond acceptors (Lipinski definition) is 2. The summed E-state index contributed by atoms with van der Waals surface area (Å²) in [6, 6.07) is 5.60. The lowest BCUT2D eigenvalue weighted by atomic mass is 9.97. The van der Waals surface area contributed by atoms with E-state index in [1.54, 1.807) is 0 Å². The van der Waals surface area contributed by atoms with Crippen LogP contribution in [-0.4, -0.2) is 41.4 Å². The van der Waals surface area contributed by atoms with Crippen LogP contribution >= 0.6 is 0 Å². The second kappa shape index (κ2) is 7.55. The first kappa shape index (κ1) is 18.8. The zero-order valence-electron chi connectivity index (χ0n) is 14.4. The van der Waals surface area contributed by atoms with Gasteiger partial charge in [0.2, 0.25) is 5.91 Å². The van der Waals surface area contributed by atoms with Crippen LogP contribution in [0.4, 0.5) is 13.2 Å². The molecule has 2 atom stereocenters.